The Balaban J connectivity index is 2.73. The zero-order valence-electron chi connectivity index (χ0n) is 12.0. The van der Waals surface area contributed by atoms with Crippen molar-refractivity contribution in [2.75, 3.05) is 13.1 Å². The summed E-state index contributed by atoms with van der Waals surface area (Å²) in [7, 11) is 0. The minimum absolute atomic E-state index is 0.169. The fraction of sp³-hybridized carbons (Fsp3) is 0.750. The highest BCUT2D eigenvalue weighted by Crippen LogP contribution is 2.14. The summed E-state index contributed by atoms with van der Waals surface area (Å²) in [5.74, 6) is 0.925. The Kier molecular flexibility index (Phi) is 5.02. The van der Waals surface area contributed by atoms with Crippen LogP contribution in [0.3, 0.4) is 0 Å². The van der Waals surface area contributed by atoms with Crippen LogP contribution in [0.5, 0.6) is 0 Å². The lowest BCUT2D eigenvalue weighted by Crippen LogP contribution is -2.36. The summed E-state index contributed by atoms with van der Waals surface area (Å²) in [6, 6.07) is 0. The van der Waals surface area contributed by atoms with Crippen molar-refractivity contribution in [2.24, 2.45) is 17.4 Å². The minimum Gasteiger partial charge on any atom is -0.369 e. The molecule has 0 radical (unpaired) electrons. The first-order valence-electron chi connectivity index (χ1n) is 6.31. The molecule has 19 heavy (non-hydrogen) atoms. The Labute approximate surface area is 113 Å². The number of hydrogen-bond acceptors (Lipinski definition) is 6. The van der Waals surface area contributed by atoms with E-state index in [1.165, 1.54) is 0 Å². The van der Waals surface area contributed by atoms with Crippen LogP contribution >= 0.6 is 0 Å². The lowest BCUT2D eigenvalue weighted by Gasteiger charge is -2.20. The predicted molar refractivity (Wildman–Crippen MR) is 70.8 cm³/mol. The van der Waals surface area contributed by atoms with E-state index >= 15 is 0 Å². The van der Waals surface area contributed by atoms with Crippen molar-refractivity contribution in [3.63, 3.8) is 0 Å². The summed E-state index contributed by atoms with van der Waals surface area (Å²) in [4.78, 5) is 17.2. The van der Waals surface area contributed by atoms with Gasteiger partial charge in [-0.2, -0.15) is 4.98 Å². The second-order valence-electron chi connectivity index (χ2n) is 5.76. The molecule has 0 saturated heterocycles. The lowest BCUT2D eigenvalue weighted by molar-refractivity contribution is -0.119. The third-order valence-electron chi connectivity index (χ3n) is 2.41. The summed E-state index contributed by atoms with van der Waals surface area (Å²) in [6.07, 6.45) is 0. The molecular formula is C12H23N5O2. The van der Waals surface area contributed by atoms with Crippen LogP contribution < -0.4 is 11.5 Å². The first-order valence-corrected chi connectivity index (χ1v) is 6.31. The van der Waals surface area contributed by atoms with Crippen LogP contribution in [0.2, 0.25) is 0 Å². The zero-order valence-corrected chi connectivity index (χ0v) is 12.0. The van der Waals surface area contributed by atoms with Gasteiger partial charge in [-0.3, -0.25) is 9.69 Å². The maximum Gasteiger partial charge on any atom is 0.240 e. The number of aromatic nitrogens is 2. The van der Waals surface area contributed by atoms with Crippen LogP contribution in [-0.2, 0) is 16.9 Å². The Morgan fingerprint density at radius 1 is 1.47 bits per heavy atom. The molecule has 0 aromatic carbocycles. The number of hydrogen-bond donors (Lipinski definition) is 2. The Morgan fingerprint density at radius 2 is 2.11 bits per heavy atom. The third-order valence-corrected chi connectivity index (χ3v) is 2.41. The predicted octanol–water partition coefficient (Wildman–Crippen LogP) is 0.207. The molecule has 0 fully saturated rings. The maximum atomic E-state index is 11.0. The van der Waals surface area contributed by atoms with Crippen LogP contribution in [0.15, 0.2) is 4.52 Å². The molecule has 1 rings (SSSR count). The van der Waals surface area contributed by atoms with Gasteiger partial charge in [0.05, 0.1) is 18.6 Å². The van der Waals surface area contributed by atoms with Crippen molar-refractivity contribution in [3.8, 4) is 0 Å². The number of carbonyl (C=O) groups is 1. The smallest absolute Gasteiger partial charge is 0.240 e. The first kappa shape index (κ1) is 15.6. The SMILES string of the molecule is CC(C)CN(CC(N)=O)Cc1nc(C(C)(C)N)no1. The van der Waals surface area contributed by atoms with Gasteiger partial charge in [-0.05, 0) is 19.8 Å². The van der Waals surface area contributed by atoms with Gasteiger partial charge in [-0.15, -0.1) is 0 Å². The molecule has 0 atom stereocenters. The number of nitrogens with zero attached hydrogens (tertiary/aromatic N) is 3. The Morgan fingerprint density at radius 3 is 2.53 bits per heavy atom. The van der Waals surface area contributed by atoms with Gasteiger partial charge in [0, 0.05) is 6.54 Å². The summed E-state index contributed by atoms with van der Waals surface area (Å²) >= 11 is 0. The van der Waals surface area contributed by atoms with Gasteiger partial charge in [0.15, 0.2) is 5.82 Å². The molecule has 0 saturated carbocycles. The van der Waals surface area contributed by atoms with Gasteiger partial charge in [-0.1, -0.05) is 19.0 Å². The molecule has 1 aromatic heterocycles. The van der Waals surface area contributed by atoms with Gasteiger partial charge in [0.2, 0.25) is 11.8 Å². The van der Waals surface area contributed by atoms with Crippen molar-refractivity contribution < 1.29 is 9.32 Å². The van der Waals surface area contributed by atoms with E-state index in [0.29, 0.717) is 24.2 Å². The van der Waals surface area contributed by atoms with Gasteiger partial charge in [0.1, 0.15) is 0 Å². The van der Waals surface area contributed by atoms with Crippen molar-refractivity contribution in [1.82, 2.24) is 15.0 Å². The number of amides is 1. The van der Waals surface area contributed by atoms with Gasteiger partial charge < -0.3 is 16.0 Å². The average molecular weight is 269 g/mol. The molecule has 4 N–H and O–H groups in total. The topological polar surface area (TPSA) is 111 Å². The molecule has 0 aliphatic rings. The van der Waals surface area contributed by atoms with Crippen molar-refractivity contribution in [1.29, 1.82) is 0 Å². The summed E-state index contributed by atoms with van der Waals surface area (Å²) < 4.78 is 5.15. The van der Waals surface area contributed by atoms with Gasteiger partial charge in [0.25, 0.3) is 0 Å². The molecule has 1 amide bonds. The van der Waals surface area contributed by atoms with E-state index in [-0.39, 0.29) is 12.5 Å². The van der Waals surface area contributed by atoms with Crippen LogP contribution in [-0.4, -0.2) is 34.0 Å². The van der Waals surface area contributed by atoms with E-state index in [0.717, 1.165) is 6.54 Å². The average Bonchev–Trinajstić information content (AvgIpc) is 2.62. The highest BCUT2D eigenvalue weighted by atomic mass is 16.5. The van der Waals surface area contributed by atoms with Crippen LogP contribution in [0.1, 0.15) is 39.4 Å². The molecule has 0 aliphatic heterocycles. The minimum atomic E-state index is -0.645. The molecule has 0 aliphatic carbocycles. The van der Waals surface area contributed by atoms with E-state index in [1.54, 1.807) is 13.8 Å². The number of rotatable bonds is 7. The molecule has 1 aromatic rings. The summed E-state index contributed by atoms with van der Waals surface area (Å²) in [5, 5.41) is 3.84. The number of primary amides is 1. The maximum absolute atomic E-state index is 11.0. The number of carbonyl (C=O) groups excluding carboxylic acids is 1. The first-order chi connectivity index (χ1) is 8.68. The third kappa shape index (κ3) is 5.35. The fourth-order valence-electron chi connectivity index (χ4n) is 1.69. The van der Waals surface area contributed by atoms with E-state index in [1.807, 2.05) is 4.90 Å². The Bertz CT molecular complexity index is 422. The molecule has 0 spiro atoms. The quantitative estimate of drug-likeness (QED) is 0.731. The number of nitrogens with two attached hydrogens (primary N) is 2. The highest BCUT2D eigenvalue weighted by molar-refractivity contribution is 5.75. The van der Waals surface area contributed by atoms with E-state index in [4.69, 9.17) is 16.0 Å². The van der Waals surface area contributed by atoms with E-state index in [2.05, 4.69) is 24.0 Å². The molecule has 108 valence electrons. The monoisotopic (exact) mass is 269 g/mol. The van der Waals surface area contributed by atoms with Crippen molar-refractivity contribution in [3.05, 3.63) is 11.7 Å². The van der Waals surface area contributed by atoms with Crippen LogP contribution in [0.4, 0.5) is 0 Å². The lowest BCUT2D eigenvalue weighted by atomic mass is 10.1. The summed E-state index contributed by atoms with van der Waals surface area (Å²) in [6.45, 7) is 9.03. The standard InChI is InChI=1S/C12H23N5O2/c1-8(2)5-17(6-9(13)18)7-10-15-11(16-19-10)12(3,4)14/h8H,5-7,14H2,1-4H3,(H2,13,18). The normalized spacial score (nSPS) is 12.4. The second-order valence-corrected chi connectivity index (χ2v) is 5.76. The molecule has 1 heterocycles. The summed E-state index contributed by atoms with van der Waals surface area (Å²) in [5.41, 5.74) is 10.5. The highest BCUT2D eigenvalue weighted by Gasteiger charge is 2.22. The molecule has 0 unspecified atom stereocenters. The van der Waals surface area contributed by atoms with Gasteiger partial charge in [-0.25, -0.2) is 0 Å². The van der Waals surface area contributed by atoms with Crippen LogP contribution in [0, 0.1) is 5.92 Å². The van der Waals surface area contributed by atoms with Crippen molar-refractivity contribution in [2.45, 2.75) is 39.8 Å². The van der Waals surface area contributed by atoms with Gasteiger partial charge >= 0.3 is 0 Å². The molecular weight excluding hydrogens is 246 g/mol. The second kappa shape index (κ2) is 6.12. The Hall–Kier alpha value is -1.47. The molecule has 0 bridgehead atoms. The largest absolute Gasteiger partial charge is 0.369 e. The molecule has 7 heteroatoms. The van der Waals surface area contributed by atoms with E-state index in [9.17, 15) is 4.79 Å². The van der Waals surface area contributed by atoms with E-state index < -0.39 is 5.54 Å². The van der Waals surface area contributed by atoms with Crippen molar-refractivity contribution >= 4 is 5.91 Å². The fourth-order valence-corrected chi connectivity index (χ4v) is 1.69. The molecule has 7 nitrogen and oxygen atoms in total. The van der Waals surface area contributed by atoms with Crippen LogP contribution in [0.25, 0.3) is 0 Å². The zero-order chi connectivity index (χ0) is 14.6.